The highest BCUT2D eigenvalue weighted by atomic mass is 31.2. The van der Waals surface area contributed by atoms with Gasteiger partial charge in [0.2, 0.25) is 5.88 Å². The number of alkyl halides is 3. The molecular weight excluding hydrogens is 500 g/mol. The van der Waals surface area contributed by atoms with Gasteiger partial charge in [-0.25, -0.2) is 4.98 Å². The van der Waals surface area contributed by atoms with E-state index in [-0.39, 0.29) is 25.4 Å². The van der Waals surface area contributed by atoms with Crippen LogP contribution in [-0.4, -0.2) is 36.5 Å². The van der Waals surface area contributed by atoms with Crippen LogP contribution >= 0.6 is 7.60 Å². The summed E-state index contributed by atoms with van der Waals surface area (Å²) in [6.07, 6.45) is -1.77. The molecule has 0 spiro atoms. The Morgan fingerprint density at radius 1 is 1.00 bits per heavy atom. The van der Waals surface area contributed by atoms with Gasteiger partial charge in [-0.2, -0.15) is 13.2 Å². The number of benzene rings is 1. The molecule has 8 nitrogen and oxygen atoms in total. The van der Waals surface area contributed by atoms with Gasteiger partial charge in [0.1, 0.15) is 17.8 Å². The fourth-order valence-electron chi connectivity index (χ4n) is 2.72. The number of carbonyl (C=O) groups excluding carboxylic acids is 1. The van der Waals surface area contributed by atoms with E-state index in [0.29, 0.717) is 17.7 Å². The van der Waals surface area contributed by atoms with Crippen molar-refractivity contribution in [2.24, 2.45) is 0 Å². The Labute approximate surface area is 209 Å². The zero-order valence-corrected chi connectivity index (χ0v) is 21.4. The molecule has 0 fully saturated rings. The van der Waals surface area contributed by atoms with Crippen LogP contribution in [0.2, 0.25) is 0 Å². The molecule has 200 valence electrons. The van der Waals surface area contributed by atoms with Crippen molar-refractivity contribution in [1.82, 2.24) is 10.3 Å². The predicted octanol–water partition coefficient (Wildman–Crippen LogP) is 6.56. The van der Waals surface area contributed by atoms with Crippen LogP contribution in [-0.2, 0) is 24.6 Å². The maximum Gasteiger partial charge on any atom is 0.417 e. The monoisotopic (exact) mass is 532 g/mol. The molecule has 0 aliphatic carbocycles. The average molecular weight is 532 g/mol. The Balaban J connectivity index is 1.88. The van der Waals surface area contributed by atoms with Crippen molar-refractivity contribution >= 4 is 13.5 Å². The summed E-state index contributed by atoms with van der Waals surface area (Å²) in [5.41, 5.74) is -0.873. The van der Waals surface area contributed by atoms with E-state index in [1.807, 2.05) is 13.8 Å². The van der Waals surface area contributed by atoms with E-state index in [9.17, 15) is 22.5 Å². The van der Waals surface area contributed by atoms with E-state index in [4.69, 9.17) is 18.5 Å². The number of halogens is 3. The SMILES string of the molecule is CCCCOP(=O)(CNC(=O)C(C)Oc1ccc(Oc2ccc(C(F)(F)F)cn2)cc1)OCCCC. The second-order valence-electron chi connectivity index (χ2n) is 7.90. The number of nitrogens with zero attached hydrogens (tertiary/aromatic N) is 1. The number of hydrogen-bond donors (Lipinski definition) is 1. The molecule has 12 heteroatoms. The van der Waals surface area contributed by atoms with Crippen LogP contribution in [0.15, 0.2) is 42.6 Å². The Hall–Kier alpha value is -2.62. The van der Waals surface area contributed by atoms with Crippen LogP contribution < -0.4 is 14.8 Å². The summed E-state index contributed by atoms with van der Waals surface area (Å²) in [5.74, 6) is 0.173. The first kappa shape index (κ1) is 29.6. The first-order valence-corrected chi connectivity index (χ1v) is 13.4. The summed E-state index contributed by atoms with van der Waals surface area (Å²) >= 11 is 0. The number of hydrogen-bond acceptors (Lipinski definition) is 7. The fraction of sp³-hybridized carbons (Fsp3) is 0.500. The van der Waals surface area contributed by atoms with Gasteiger partial charge in [-0.3, -0.25) is 9.36 Å². The van der Waals surface area contributed by atoms with Crippen LogP contribution in [0.3, 0.4) is 0 Å². The maximum absolute atomic E-state index is 12.9. The van der Waals surface area contributed by atoms with Gasteiger partial charge in [-0.1, -0.05) is 26.7 Å². The van der Waals surface area contributed by atoms with Crippen molar-refractivity contribution in [3.63, 3.8) is 0 Å². The third-order valence-electron chi connectivity index (χ3n) is 4.81. The van der Waals surface area contributed by atoms with E-state index in [1.54, 1.807) is 0 Å². The van der Waals surface area contributed by atoms with Crippen LogP contribution in [0.5, 0.6) is 17.4 Å². The quantitative estimate of drug-likeness (QED) is 0.205. The summed E-state index contributed by atoms with van der Waals surface area (Å²) in [6.45, 7) is 6.05. The fourth-order valence-corrected chi connectivity index (χ4v) is 4.14. The molecule has 0 radical (unpaired) electrons. The lowest BCUT2D eigenvalue weighted by atomic mass is 10.3. The summed E-state index contributed by atoms with van der Waals surface area (Å²) in [4.78, 5) is 16.1. The predicted molar refractivity (Wildman–Crippen MR) is 128 cm³/mol. The summed E-state index contributed by atoms with van der Waals surface area (Å²) in [7, 11) is -3.48. The molecule has 1 amide bonds. The number of rotatable bonds is 15. The van der Waals surface area contributed by atoms with Gasteiger partial charge < -0.3 is 23.8 Å². The smallest absolute Gasteiger partial charge is 0.417 e. The number of aromatic nitrogens is 1. The zero-order valence-electron chi connectivity index (χ0n) is 20.5. The molecule has 2 aromatic rings. The van der Waals surface area contributed by atoms with E-state index in [1.165, 1.54) is 31.2 Å². The van der Waals surface area contributed by atoms with Crippen LogP contribution in [0.25, 0.3) is 0 Å². The molecule has 0 aliphatic rings. The molecule has 1 unspecified atom stereocenters. The van der Waals surface area contributed by atoms with Crippen molar-refractivity contribution in [2.75, 3.05) is 19.5 Å². The van der Waals surface area contributed by atoms with Crippen molar-refractivity contribution in [2.45, 2.75) is 58.7 Å². The van der Waals surface area contributed by atoms with Crippen molar-refractivity contribution in [3.8, 4) is 17.4 Å². The molecule has 36 heavy (non-hydrogen) atoms. The van der Waals surface area contributed by atoms with Gasteiger partial charge in [0, 0.05) is 12.3 Å². The van der Waals surface area contributed by atoms with Gasteiger partial charge in [0.25, 0.3) is 5.91 Å². The second kappa shape index (κ2) is 14.2. The topological polar surface area (TPSA) is 96.0 Å². The highest BCUT2D eigenvalue weighted by Crippen LogP contribution is 2.47. The van der Waals surface area contributed by atoms with Gasteiger partial charge in [-0.05, 0) is 50.1 Å². The molecule has 0 saturated carbocycles. The van der Waals surface area contributed by atoms with Gasteiger partial charge in [0.05, 0.1) is 18.8 Å². The normalized spacial score (nSPS) is 12.7. The molecule has 1 heterocycles. The third-order valence-corrected chi connectivity index (χ3v) is 6.51. The standard InChI is InChI=1S/C24H32F3N2O6P/c1-4-6-14-32-36(31,33-15-7-5-2)17-29-23(30)18(3)34-20-9-11-21(12-10-20)35-22-13-8-19(16-28-22)24(25,26)27/h8-13,16,18H,4-7,14-15,17H2,1-3H3,(H,29,30). The lowest BCUT2D eigenvalue weighted by Gasteiger charge is -2.20. The minimum atomic E-state index is -4.48. The molecule has 2 rings (SSSR count). The number of unbranched alkanes of at least 4 members (excludes halogenated alkanes) is 2. The van der Waals surface area contributed by atoms with Crippen LogP contribution in [0.1, 0.15) is 52.0 Å². The maximum atomic E-state index is 12.9. The largest absolute Gasteiger partial charge is 0.481 e. The molecule has 1 aromatic carbocycles. The van der Waals surface area contributed by atoms with Crippen molar-refractivity contribution in [1.29, 1.82) is 0 Å². The van der Waals surface area contributed by atoms with Gasteiger partial charge >= 0.3 is 13.8 Å². The first-order chi connectivity index (χ1) is 17.1. The minimum Gasteiger partial charge on any atom is -0.481 e. The Morgan fingerprint density at radius 2 is 1.58 bits per heavy atom. The highest BCUT2D eigenvalue weighted by Gasteiger charge is 2.31. The van der Waals surface area contributed by atoms with E-state index in [2.05, 4.69) is 10.3 Å². The molecule has 1 N–H and O–H groups in total. The number of ether oxygens (including phenoxy) is 2. The number of carbonyl (C=O) groups is 1. The van der Waals surface area contributed by atoms with Gasteiger partial charge in [0.15, 0.2) is 6.10 Å². The van der Waals surface area contributed by atoms with Crippen molar-refractivity contribution < 1.29 is 41.1 Å². The first-order valence-electron chi connectivity index (χ1n) is 11.7. The van der Waals surface area contributed by atoms with Crippen LogP contribution in [0.4, 0.5) is 13.2 Å². The number of amides is 1. The molecule has 0 saturated heterocycles. The molecular formula is C24H32F3N2O6P. The second-order valence-corrected chi connectivity index (χ2v) is 9.95. The Morgan fingerprint density at radius 3 is 2.08 bits per heavy atom. The third kappa shape index (κ3) is 10.2. The molecule has 0 aliphatic heterocycles. The summed E-state index contributed by atoms with van der Waals surface area (Å²) < 4.78 is 72.8. The molecule has 0 bridgehead atoms. The van der Waals surface area contributed by atoms with E-state index < -0.39 is 31.3 Å². The lowest BCUT2D eigenvalue weighted by Crippen LogP contribution is -2.37. The minimum absolute atomic E-state index is 0.00356. The summed E-state index contributed by atoms with van der Waals surface area (Å²) in [5, 5.41) is 2.57. The summed E-state index contributed by atoms with van der Waals surface area (Å²) in [6, 6.07) is 8.12. The number of pyridine rings is 1. The molecule has 1 atom stereocenters. The van der Waals surface area contributed by atoms with Crippen molar-refractivity contribution in [3.05, 3.63) is 48.2 Å². The average Bonchev–Trinajstić information content (AvgIpc) is 2.84. The Bertz CT molecular complexity index is 973. The van der Waals surface area contributed by atoms with Gasteiger partial charge in [-0.15, -0.1) is 0 Å². The van der Waals surface area contributed by atoms with Crippen LogP contribution in [0, 0.1) is 0 Å². The lowest BCUT2D eigenvalue weighted by molar-refractivity contribution is -0.137. The van der Waals surface area contributed by atoms with E-state index >= 15 is 0 Å². The highest BCUT2D eigenvalue weighted by molar-refractivity contribution is 7.53. The van der Waals surface area contributed by atoms with E-state index in [0.717, 1.165) is 37.8 Å². The zero-order chi connectivity index (χ0) is 26.6. The number of nitrogens with one attached hydrogen (secondary N) is 1. The molecule has 1 aromatic heterocycles. The Kier molecular flexibility index (Phi) is 11.7.